The van der Waals surface area contributed by atoms with Crippen molar-refractivity contribution >= 4 is 0 Å². The van der Waals surface area contributed by atoms with Gasteiger partial charge in [0.1, 0.15) is 0 Å². The average Bonchev–Trinajstić information content (AvgIpc) is 2.20. The van der Waals surface area contributed by atoms with Gasteiger partial charge in [-0.1, -0.05) is 46.0 Å². The van der Waals surface area contributed by atoms with Crippen molar-refractivity contribution in [2.24, 2.45) is 0 Å². The van der Waals surface area contributed by atoms with Crippen molar-refractivity contribution in [3.05, 3.63) is 0 Å². The van der Waals surface area contributed by atoms with E-state index in [-0.39, 0.29) is 0 Å². The van der Waals surface area contributed by atoms with Crippen molar-refractivity contribution in [1.82, 2.24) is 0 Å². The minimum absolute atomic E-state index is 0.876. The standard InChI is InChI=1S/C15H34N/c1-6-8-10-11-12-14-15(13-9-7-2)16(3,4)5/h15H,6-14H2,1-5H3/q+1. The fourth-order valence-corrected chi connectivity index (χ4v) is 2.34. The second-order valence-electron chi connectivity index (χ2n) is 6.12. The van der Waals surface area contributed by atoms with Gasteiger partial charge in [0.15, 0.2) is 0 Å². The maximum absolute atomic E-state index is 2.35. The monoisotopic (exact) mass is 228 g/mol. The van der Waals surface area contributed by atoms with Gasteiger partial charge in [0.05, 0.1) is 27.2 Å². The zero-order valence-corrected chi connectivity index (χ0v) is 12.4. The predicted octanol–water partition coefficient (Wildman–Crippen LogP) is 4.61. The van der Waals surface area contributed by atoms with E-state index in [1.54, 1.807) is 0 Å². The summed E-state index contributed by atoms with van der Waals surface area (Å²) >= 11 is 0. The van der Waals surface area contributed by atoms with Crippen LogP contribution in [0.2, 0.25) is 0 Å². The van der Waals surface area contributed by atoms with E-state index >= 15 is 0 Å². The zero-order chi connectivity index (χ0) is 12.4. The molecule has 0 heterocycles. The van der Waals surface area contributed by atoms with Gasteiger partial charge in [0.2, 0.25) is 0 Å². The molecule has 0 amide bonds. The molecule has 1 unspecified atom stereocenters. The van der Waals surface area contributed by atoms with Crippen LogP contribution >= 0.6 is 0 Å². The van der Waals surface area contributed by atoms with Gasteiger partial charge in [0, 0.05) is 0 Å². The van der Waals surface area contributed by atoms with Gasteiger partial charge in [-0.15, -0.1) is 0 Å². The lowest BCUT2D eigenvalue weighted by atomic mass is 10.00. The van der Waals surface area contributed by atoms with E-state index in [0.29, 0.717) is 0 Å². The summed E-state index contributed by atoms with van der Waals surface area (Å²) in [5, 5.41) is 0. The quantitative estimate of drug-likeness (QED) is 0.378. The van der Waals surface area contributed by atoms with Crippen LogP contribution in [0.4, 0.5) is 0 Å². The maximum Gasteiger partial charge on any atom is 0.0884 e. The van der Waals surface area contributed by atoms with Gasteiger partial charge in [-0.25, -0.2) is 0 Å². The predicted molar refractivity (Wildman–Crippen MR) is 74.7 cm³/mol. The van der Waals surface area contributed by atoms with Crippen LogP contribution in [0.25, 0.3) is 0 Å². The molecule has 1 heteroatoms. The second kappa shape index (κ2) is 9.04. The molecule has 0 aromatic carbocycles. The molecule has 0 rings (SSSR count). The van der Waals surface area contributed by atoms with Crippen LogP contribution in [0.15, 0.2) is 0 Å². The number of hydrogen-bond donors (Lipinski definition) is 0. The molecule has 0 aliphatic rings. The maximum atomic E-state index is 2.35. The van der Waals surface area contributed by atoms with Crippen LogP contribution in [-0.2, 0) is 0 Å². The molecule has 0 aliphatic heterocycles. The Bertz CT molecular complexity index is 146. The molecule has 0 saturated heterocycles. The lowest BCUT2D eigenvalue weighted by molar-refractivity contribution is -0.896. The molecule has 1 nitrogen and oxygen atoms in total. The highest BCUT2D eigenvalue weighted by Crippen LogP contribution is 2.18. The molecular formula is C15H34N+. The van der Waals surface area contributed by atoms with Crippen molar-refractivity contribution in [3.63, 3.8) is 0 Å². The highest BCUT2D eigenvalue weighted by atomic mass is 15.3. The lowest BCUT2D eigenvalue weighted by Gasteiger charge is -2.34. The van der Waals surface area contributed by atoms with Crippen molar-refractivity contribution in [2.45, 2.75) is 77.7 Å². The van der Waals surface area contributed by atoms with Crippen molar-refractivity contribution in [3.8, 4) is 0 Å². The Morgan fingerprint density at radius 1 is 0.688 bits per heavy atom. The smallest absolute Gasteiger partial charge is 0.0884 e. The first-order valence-electron chi connectivity index (χ1n) is 7.33. The summed E-state index contributed by atoms with van der Waals surface area (Å²) < 4.78 is 1.15. The molecule has 1 atom stereocenters. The number of hydrogen-bond acceptors (Lipinski definition) is 0. The fourth-order valence-electron chi connectivity index (χ4n) is 2.34. The summed E-state index contributed by atoms with van der Waals surface area (Å²) in [6, 6.07) is 0.876. The molecule has 98 valence electrons. The highest BCUT2D eigenvalue weighted by Gasteiger charge is 2.22. The summed E-state index contributed by atoms with van der Waals surface area (Å²) in [4.78, 5) is 0. The van der Waals surface area contributed by atoms with Gasteiger partial charge in [-0.2, -0.15) is 0 Å². The van der Waals surface area contributed by atoms with Gasteiger partial charge in [-0.05, 0) is 25.7 Å². The third-order valence-corrected chi connectivity index (χ3v) is 3.63. The Balaban J connectivity index is 3.75. The normalized spacial score (nSPS) is 14.1. The van der Waals surface area contributed by atoms with Gasteiger partial charge in [-0.3, -0.25) is 0 Å². The van der Waals surface area contributed by atoms with Crippen LogP contribution in [0.3, 0.4) is 0 Å². The summed E-state index contributed by atoms with van der Waals surface area (Å²) in [5.41, 5.74) is 0. The molecular weight excluding hydrogens is 194 g/mol. The topological polar surface area (TPSA) is 0 Å². The molecule has 0 fully saturated rings. The first-order valence-corrected chi connectivity index (χ1v) is 7.33. The summed E-state index contributed by atoms with van der Waals surface area (Å²) in [5.74, 6) is 0. The number of rotatable bonds is 10. The Labute approximate surface area is 104 Å². The van der Waals surface area contributed by atoms with Crippen LogP contribution in [0.5, 0.6) is 0 Å². The van der Waals surface area contributed by atoms with E-state index in [0.717, 1.165) is 10.5 Å². The molecule has 0 radical (unpaired) electrons. The van der Waals surface area contributed by atoms with Crippen LogP contribution in [-0.4, -0.2) is 31.7 Å². The third-order valence-electron chi connectivity index (χ3n) is 3.63. The van der Waals surface area contributed by atoms with E-state index in [9.17, 15) is 0 Å². The third kappa shape index (κ3) is 8.15. The average molecular weight is 228 g/mol. The number of unbranched alkanes of at least 4 members (excludes halogenated alkanes) is 5. The first kappa shape index (κ1) is 16.0. The van der Waals surface area contributed by atoms with E-state index in [2.05, 4.69) is 35.0 Å². The van der Waals surface area contributed by atoms with E-state index in [4.69, 9.17) is 0 Å². The summed E-state index contributed by atoms with van der Waals surface area (Å²) in [7, 11) is 7.06. The van der Waals surface area contributed by atoms with Gasteiger partial charge < -0.3 is 4.48 Å². The van der Waals surface area contributed by atoms with Crippen LogP contribution in [0, 0.1) is 0 Å². The van der Waals surface area contributed by atoms with Crippen LogP contribution < -0.4 is 0 Å². The molecule has 0 N–H and O–H groups in total. The fraction of sp³-hybridized carbons (Fsp3) is 1.00. The Morgan fingerprint density at radius 2 is 1.19 bits per heavy atom. The minimum atomic E-state index is 0.876. The summed E-state index contributed by atoms with van der Waals surface area (Å²) in [6.45, 7) is 4.59. The number of quaternary nitrogens is 1. The Morgan fingerprint density at radius 3 is 1.69 bits per heavy atom. The van der Waals surface area contributed by atoms with Crippen molar-refractivity contribution in [2.75, 3.05) is 21.1 Å². The largest absolute Gasteiger partial charge is 0.328 e. The van der Waals surface area contributed by atoms with Crippen molar-refractivity contribution in [1.29, 1.82) is 0 Å². The van der Waals surface area contributed by atoms with Gasteiger partial charge in [0.25, 0.3) is 0 Å². The van der Waals surface area contributed by atoms with Crippen molar-refractivity contribution < 1.29 is 4.48 Å². The first-order chi connectivity index (χ1) is 7.52. The minimum Gasteiger partial charge on any atom is -0.328 e. The van der Waals surface area contributed by atoms with E-state index in [1.165, 1.54) is 57.8 Å². The Hall–Kier alpha value is -0.0400. The molecule has 0 bridgehead atoms. The summed E-state index contributed by atoms with van der Waals surface area (Å²) in [6.07, 6.45) is 12.7. The zero-order valence-electron chi connectivity index (χ0n) is 12.4. The van der Waals surface area contributed by atoms with E-state index in [1.807, 2.05) is 0 Å². The highest BCUT2D eigenvalue weighted by molar-refractivity contribution is 4.59. The molecule has 0 aromatic rings. The van der Waals surface area contributed by atoms with E-state index < -0.39 is 0 Å². The molecule has 0 saturated carbocycles. The molecule has 0 aromatic heterocycles. The lowest BCUT2D eigenvalue weighted by Crippen LogP contribution is -2.45. The van der Waals surface area contributed by atoms with Crippen LogP contribution in [0.1, 0.15) is 71.6 Å². The molecule has 0 spiro atoms. The SMILES string of the molecule is CCCCCCCC(CCCC)[N+](C)(C)C. The van der Waals surface area contributed by atoms with Gasteiger partial charge >= 0.3 is 0 Å². The molecule has 0 aliphatic carbocycles. The second-order valence-corrected chi connectivity index (χ2v) is 6.12. The number of nitrogens with zero attached hydrogens (tertiary/aromatic N) is 1. The molecule has 16 heavy (non-hydrogen) atoms. The Kier molecular flexibility index (Phi) is 9.02.